The van der Waals surface area contributed by atoms with Gasteiger partial charge < -0.3 is 24.1 Å². The number of esters is 4. The summed E-state index contributed by atoms with van der Waals surface area (Å²) in [5, 5.41) is 10.5. The third-order valence-electron chi connectivity index (χ3n) is 13.0. The quantitative estimate of drug-likeness (QED) is 0.219. The zero-order valence-corrected chi connectivity index (χ0v) is 29.2. The maximum Gasteiger partial charge on any atom is 0.344 e. The van der Waals surface area contributed by atoms with Crippen LogP contribution in [-0.2, 0) is 38.1 Å². The SMILES string of the molecule is CCC(C)(C)C(=O)OC1C2CC3CC1CC(O)(C3)C2.CCC(C)(C)C(=O)OCC(=O)OCC(=O)OC1(C)C2CC3CC(C2)CC1C3. The van der Waals surface area contributed by atoms with Crippen molar-refractivity contribution in [3.05, 3.63) is 0 Å². The van der Waals surface area contributed by atoms with E-state index in [1.165, 1.54) is 6.42 Å². The lowest BCUT2D eigenvalue weighted by Crippen LogP contribution is -2.58. The first-order valence-electron chi connectivity index (χ1n) is 17.9. The summed E-state index contributed by atoms with van der Waals surface area (Å²) < 4.78 is 21.6. The molecule has 8 saturated carbocycles. The van der Waals surface area contributed by atoms with Crippen molar-refractivity contribution in [3.8, 4) is 0 Å². The van der Waals surface area contributed by atoms with E-state index in [2.05, 4.69) is 6.92 Å². The Hall–Kier alpha value is -2.16. The van der Waals surface area contributed by atoms with Crippen molar-refractivity contribution >= 4 is 23.9 Å². The van der Waals surface area contributed by atoms with Crippen LogP contribution in [-0.4, -0.2) is 59.5 Å². The van der Waals surface area contributed by atoms with Crippen molar-refractivity contribution < 1.29 is 43.2 Å². The number of hydrogen-bond donors (Lipinski definition) is 1. The molecule has 0 radical (unpaired) electrons. The molecule has 46 heavy (non-hydrogen) atoms. The highest BCUT2D eigenvalue weighted by atomic mass is 16.6. The molecule has 8 rings (SSSR count). The van der Waals surface area contributed by atoms with Crippen LogP contribution in [0.3, 0.4) is 0 Å². The highest BCUT2D eigenvalue weighted by Gasteiger charge is 2.58. The highest BCUT2D eigenvalue weighted by Crippen LogP contribution is 2.59. The van der Waals surface area contributed by atoms with Crippen LogP contribution in [0.5, 0.6) is 0 Å². The summed E-state index contributed by atoms with van der Waals surface area (Å²) in [7, 11) is 0. The van der Waals surface area contributed by atoms with Gasteiger partial charge in [0.15, 0.2) is 13.2 Å². The minimum atomic E-state index is -0.734. The second-order valence-electron chi connectivity index (χ2n) is 17.2. The first-order chi connectivity index (χ1) is 21.5. The van der Waals surface area contributed by atoms with Crippen molar-refractivity contribution in [2.24, 2.45) is 52.3 Å². The third-order valence-corrected chi connectivity index (χ3v) is 13.0. The molecule has 0 aromatic carbocycles. The number of hydrogen-bond acceptors (Lipinski definition) is 9. The van der Waals surface area contributed by atoms with Gasteiger partial charge in [-0.2, -0.15) is 0 Å². The van der Waals surface area contributed by atoms with Gasteiger partial charge in [0.1, 0.15) is 11.7 Å². The van der Waals surface area contributed by atoms with E-state index in [9.17, 15) is 24.3 Å². The Kier molecular flexibility index (Phi) is 9.96. The Morgan fingerprint density at radius 3 is 1.67 bits per heavy atom. The zero-order valence-electron chi connectivity index (χ0n) is 29.2. The summed E-state index contributed by atoms with van der Waals surface area (Å²) in [4.78, 5) is 48.2. The predicted molar refractivity (Wildman–Crippen MR) is 170 cm³/mol. The Morgan fingerprint density at radius 2 is 1.17 bits per heavy atom. The Balaban J connectivity index is 0.000000192. The molecule has 0 aromatic rings. The van der Waals surface area contributed by atoms with Gasteiger partial charge in [-0.05, 0) is 153 Å². The first kappa shape index (κ1) is 35.2. The van der Waals surface area contributed by atoms with E-state index in [-0.39, 0.29) is 17.5 Å². The van der Waals surface area contributed by atoms with Crippen molar-refractivity contribution in [1.29, 1.82) is 0 Å². The Morgan fingerprint density at radius 1 is 0.674 bits per heavy atom. The summed E-state index contributed by atoms with van der Waals surface area (Å²) in [5.41, 5.74) is -1.91. The van der Waals surface area contributed by atoms with Crippen LogP contribution in [0.2, 0.25) is 0 Å². The van der Waals surface area contributed by atoms with Gasteiger partial charge >= 0.3 is 23.9 Å². The largest absolute Gasteiger partial charge is 0.461 e. The van der Waals surface area contributed by atoms with Gasteiger partial charge in [0.2, 0.25) is 0 Å². The monoisotopic (exact) mass is 646 g/mol. The molecule has 8 bridgehead atoms. The lowest BCUT2D eigenvalue weighted by molar-refractivity contribution is -0.207. The van der Waals surface area contributed by atoms with Gasteiger partial charge in [-0.3, -0.25) is 9.59 Å². The van der Waals surface area contributed by atoms with Crippen LogP contribution in [0.15, 0.2) is 0 Å². The molecular formula is C37H58O9. The second-order valence-corrected chi connectivity index (χ2v) is 17.2. The van der Waals surface area contributed by atoms with Gasteiger partial charge in [-0.25, -0.2) is 9.59 Å². The third kappa shape index (κ3) is 7.29. The number of carbonyl (C=O) groups is 4. The number of rotatable bonds is 10. The molecule has 8 aliphatic rings. The Labute approximate surface area is 275 Å². The fraction of sp³-hybridized carbons (Fsp3) is 0.892. The van der Waals surface area contributed by atoms with Crippen LogP contribution in [0.25, 0.3) is 0 Å². The maximum absolute atomic E-state index is 12.3. The van der Waals surface area contributed by atoms with Crippen LogP contribution in [0.1, 0.15) is 126 Å². The average Bonchev–Trinajstić information content (AvgIpc) is 2.98. The van der Waals surface area contributed by atoms with Crippen molar-refractivity contribution in [2.75, 3.05) is 13.2 Å². The van der Waals surface area contributed by atoms with E-state index in [4.69, 9.17) is 18.9 Å². The molecule has 0 spiro atoms. The molecule has 8 aliphatic carbocycles. The summed E-state index contributed by atoms with van der Waals surface area (Å²) in [6, 6.07) is 0. The molecule has 0 aromatic heterocycles. The van der Waals surface area contributed by atoms with Gasteiger partial charge in [0.25, 0.3) is 0 Å². The molecule has 2 atom stereocenters. The smallest absolute Gasteiger partial charge is 0.344 e. The fourth-order valence-electron chi connectivity index (χ4n) is 9.76. The molecule has 0 amide bonds. The molecule has 1 N–H and O–H groups in total. The highest BCUT2D eigenvalue weighted by molar-refractivity contribution is 5.81. The summed E-state index contributed by atoms with van der Waals surface area (Å²) in [5.74, 6) is 2.12. The number of carbonyl (C=O) groups excluding carboxylic acids is 4. The summed E-state index contributed by atoms with van der Waals surface area (Å²) >= 11 is 0. The lowest BCUT2D eigenvalue weighted by Gasteiger charge is -2.59. The normalized spacial score (nSPS) is 38.4. The number of ether oxygens (including phenoxy) is 4. The standard InChI is InChI=1S/C21H32O6.C16H26O3/c1-5-20(2,3)19(24)26-11-17(22)25-12-18(23)27-21(4)15-7-13-6-14(9-15)10-16(21)8-13;1-4-15(2,3)14(17)19-13-11-5-10-6-12(13)9-16(18,7-10)8-11/h13-16H,5-12H2,1-4H3;10-13,18H,4-9H2,1-3H3. The van der Waals surface area contributed by atoms with E-state index in [1.54, 1.807) is 13.8 Å². The molecule has 0 aliphatic heterocycles. The van der Waals surface area contributed by atoms with E-state index in [1.807, 2.05) is 27.7 Å². The lowest BCUT2D eigenvalue weighted by atomic mass is 9.50. The van der Waals surface area contributed by atoms with E-state index >= 15 is 0 Å². The predicted octanol–water partition coefficient (Wildman–Crippen LogP) is 6.17. The average molecular weight is 647 g/mol. The van der Waals surface area contributed by atoms with Crippen LogP contribution >= 0.6 is 0 Å². The van der Waals surface area contributed by atoms with Crippen LogP contribution in [0, 0.1) is 52.3 Å². The number of aliphatic hydroxyl groups is 1. The van der Waals surface area contributed by atoms with Crippen molar-refractivity contribution in [3.63, 3.8) is 0 Å². The van der Waals surface area contributed by atoms with Crippen LogP contribution < -0.4 is 0 Å². The summed E-state index contributed by atoms with van der Waals surface area (Å²) in [6.45, 7) is 12.5. The van der Waals surface area contributed by atoms with Gasteiger partial charge in [-0.1, -0.05) is 13.8 Å². The fourth-order valence-corrected chi connectivity index (χ4v) is 9.76. The van der Waals surface area contributed by atoms with E-state index < -0.39 is 47.7 Å². The van der Waals surface area contributed by atoms with Crippen molar-refractivity contribution in [1.82, 2.24) is 0 Å². The van der Waals surface area contributed by atoms with Crippen LogP contribution in [0.4, 0.5) is 0 Å². The molecule has 0 heterocycles. The zero-order chi connectivity index (χ0) is 33.7. The summed E-state index contributed by atoms with van der Waals surface area (Å²) in [6.07, 6.45) is 12.3. The molecule has 2 unspecified atom stereocenters. The molecule has 0 saturated heterocycles. The van der Waals surface area contributed by atoms with E-state index in [0.717, 1.165) is 76.0 Å². The van der Waals surface area contributed by atoms with Gasteiger partial charge in [0, 0.05) is 0 Å². The van der Waals surface area contributed by atoms with E-state index in [0.29, 0.717) is 36.0 Å². The topological polar surface area (TPSA) is 125 Å². The minimum absolute atomic E-state index is 0.0561. The van der Waals surface area contributed by atoms with Gasteiger partial charge in [-0.15, -0.1) is 0 Å². The minimum Gasteiger partial charge on any atom is -0.461 e. The second kappa shape index (κ2) is 13.0. The molecule has 9 heteroatoms. The van der Waals surface area contributed by atoms with Gasteiger partial charge in [0.05, 0.1) is 16.4 Å². The molecule has 260 valence electrons. The molecule has 9 nitrogen and oxygen atoms in total. The first-order valence-corrected chi connectivity index (χ1v) is 17.9. The molecular weight excluding hydrogens is 588 g/mol. The molecule has 8 fully saturated rings. The van der Waals surface area contributed by atoms with Crippen molar-refractivity contribution in [2.45, 2.75) is 143 Å². The maximum atomic E-state index is 12.3. The Bertz CT molecular complexity index is 1130.